The summed E-state index contributed by atoms with van der Waals surface area (Å²) in [7, 11) is 1.27. The molecule has 29 heavy (non-hydrogen) atoms. The molecule has 1 atom stereocenters. The second kappa shape index (κ2) is 10.6. The number of oxime groups is 1. The van der Waals surface area contributed by atoms with Crippen LogP contribution in [-0.2, 0) is 23.8 Å². The van der Waals surface area contributed by atoms with E-state index in [0.29, 0.717) is 22.0 Å². The molecule has 0 amide bonds. The van der Waals surface area contributed by atoms with E-state index in [1.54, 1.807) is 38.1 Å². The molecular weight excluding hydrogens is 400 g/mol. The summed E-state index contributed by atoms with van der Waals surface area (Å²) < 4.78 is 15.7. The molecule has 0 saturated heterocycles. The predicted octanol–water partition coefficient (Wildman–Crippen LogP) is 2.77. The van der Waals surface area contributed by atoms with Crippen molar-refractivity contribution in [3.8, 4) is 0 Å². The smallest absolute Gasteiger partial charge is 0.336 e. The minimum absolute atomic E-state index is 0.00703. The van der Waals surface area contributed by atoms with Crippen molar-refractivity contribution in [1.82, 2.24) is 5.32 Å². The SMILES string of the molecule is CCOC(=O)C1=C(COC/C=N/O)NC(C)=C(C(=O)OC)C1c1ccccc1Cl. The third kappa shape index (κ3) is 5.16. The topological polar surface area (TPSA) is 106 Å². The third-order valence-electron chi connectivity index (χ3n) is 4.28. The maximum absolute atomic E-state index is 12.9. The van der Waals surface area contributed by atoms with Gasteiger partial charge in [0.1, 0.15) is 0 Å². The van der Waals surface area contributed by atoms with Crippen molar-refractivity contribution in [3.05, 3.63) is 57.4 Å². The minimum atomic E-state index is -0.804. The second-order valence-electron chi connectivity index (χ2n) is 6.04. The number of carbonyl (C=O) groups excluding carboxylic acids is 2. The monoisotopic (exact) mass is 422 g/mol. The largest absolute Gasteiger partial charge is 0.466 e. The molecule has 0 saturated carbocycles. The Morgan fingerprint density at radius 3 is 2.62 bits per heavy atom. The van der Waals surface area contributed by atoms with Gasteiger partial charge in [-0.3, -0.25) is 0 Å². The van der Waals surface area contributed by atoms with E-state index < -0.39 is 17.9 Å². The number of ether oxygens (including phenoxy) is 3. The molecule has 1 aliphatic rings. The number of allylic oxidation sites excluding steroid dienone is 1. The van der Waals surface area contributed by atoms with Crippen molar-refractivity contribution >= 4 is 29.8 Å². The van der Waals surface area contributed by atoms with Gasteiger partial charge in [0.25, 0.3) is 0 Å². The third-order valence-corrected chi connectivity index (χ3v) is 4.63. The van der Waals surface area contributed by atoms with E-state index in [9.17, 15) is 9.59 Å². The lowest BCUT2D eigenvalue weighted by atomic mass is 9.80. The molecule has 0 spiro atoms. The summed E-state index contributed by atoms with van der Waals surface area (Å²) >= 11 is 6.41. The number of rotatable bonds is 8. The number of benzene rings is 1. The van der Waals surface area contributed by atoms with Gasteiger partial charge in [-0.2, -0.15) is 0 Å². The Labute approximate surface area is 173 Å². The van der Waals surface area contributed by atoms with Crippen LogP contribution in [0.15, 0.2) is 52.0 Å². The summed E-state index contributed by atoms with van der Waals surface area (Å²) in [5, 5.41) is 14.8. The predicted molar refractivity (Wildman–Crippen MR) is 107 cm³/mol. The van der Waals surface area contributed by atoms with E-state index in [0.717, 1.165) is 0 Å². The summed E-state index contributed by atoms with van der Waals surface area (Å²) in [6.45, 7) is 3.57. The summed E-state index contributed by atoms with van der Waals surface area (Å²) in [6, 6.07) is 6.95. The van der Waals surface area contributed by atoms with Crippen LogP contribution in [0.1, 0.15) is 25.3 Å². The van der Waals surface area contributed by atoms with Crippen LogP contribution in [0.4, 0.5) is 0 Å². The van der Waals surface area contributed by atoms with Crippen LogP contribution >= 0.6 is 11.6 Å². The highest BCUT2D eigenvalue weighted by Gasteiger charge is 2.39. The molecule has 2 N–H and O–H groups in total. The molecule has 0 fully saturated rings. The fourth-order valence-electron chi connectivity index (χ4n) is 3.11. The Kier molecular flexibility index (Phi) is 8.23. The van der Waals surface area contributed by atoms with Crippen LogP contribution in [-0.4, -0.2) is 50.3 Å². The Balaban J connectivity index is 2.65. The van der Waals surface area contributed by atoms with Gasteiger partial charge in [0.15, 0.2) is 0 Å². The van der Waals surface area contributed by atoms with Crippen LogP contribution < -0.4 is 5.32 Å². The molecule has 156 valence electrons. The molecule has 1 aromatic rings. The average molecular weight is 423 g/mol. The lowest BCUT2D eigenvalue weighted by molar-refractivity contribution is -0.139. The standard InChI is InChI=1S/C20H23ClN2O6/c1-4-29-20(25)18-15(11-28-10-9-22-26)23-12(2)16(19(24)27-3)17(18)13-7-5-6-8-14(13)21/h5-9,17,23,26H,4,10-11H2,1-3H3/b22-9+. The zero-order valence-electron chi connectivity index (χ0n) is 16.4. The highest BCUT2D eigenvalue weighted by atomic mass is 35.5. The number of carbonyl (C=O) groups is 2. The highest BCUT2D eigenvalue weighted by Crippen LogP contribution is 2.41. The Morgan fingerprint density at radius 2 is 2.00 bits per heavy atom. The normalized spacial score (nSPS) is 16.8. The van der Waals surface area contributed by atoms with Crippen LogP contribution in [0.2, 0.25) is 5.02 Å². The average Bonchev–Trinajstić information content (AvgIpc) is 2.70. The van der Waals surface area contributed by atoms with Crippen molar-refractivity contribution in [3.63, 3.8) is 0 Å². The quantitative estimate of drug-likeness (QED) is 0.218. The lowest BCUT2D eigenvalue weighted by Gasteiger charge is -2.31. The van der Waals surface area contributed by atoms with Gasteiger partial charge in [-0.1, -0.05) is 35.0 Å². The van der Waals surface area contributed by atoms with Gasteiger partial charge in [-0.15, -0.1) is 0 Å². The van der Waals surface area contributed by atoms with Crippen molar-refractivity contribution < 1.29 is 29.0 Å². The molecule has 0 radical (unpaired) electrons. The molecule has 1 aromatic carbocycles. The molecular formula is C20H23ClN2O6. The van der Waals surface area contributed by atoms with E-state index in [2.05, 4.69) is 10.5 Å². The van der Waals surface area contributed by atoms with Crippen LogP contribution in [0.25, 0.3) is 0 Å². The van der Waals surface area contributed by atoms with Crippen molar-refractivity contribution in [2.45, 2.75) is 19.8 Å². The number of esters is 2. The molecule has 8 nitrogen and oxygen atoms in total. The van der Waals surface area contributed by atoms with E-state index in [-0.39, 0.29) is 31.0 Å². The number of hydrogen-bond acceptors (Lipinski definition) is 8. The van der Waals surface area contributed by atoms with Crippen LogP contribution in [0.5, 0.6) is 0 Å². The first-order chi connectivity index (χ1) is 14.0. The minimum Gasteiger partial charge on any atom is -0.466 e. The zero-order chi connectivity index (χ0) is 21.4. The van der Waals surface area contributed by atoms with E-state index in [1.807, 2.05) is 0 Å². The fourth-order valence-corrected chi connectivity index (χ4v) is 3.35. The number of nitrogens with zero attached hydrogens (tertiary/aromatic N) is 1. The fraction of sp³-hybridized carbons (Fsp3) is 0.350. The molecule has 1 unspecified atom stereocenters. The molecule has 2 rings (SSSR count). The van der Waals surface area contributed by atoms with E-state index in [4.69, 9.17) is 31.0 Å². The Bertz CT molecular complexity index is 862. The van der Waals surface area contributed by atoms with Crippen molar-refractivity contribution in [2.24, 2.45) is 5.16 Å². The van der Waals surface area contributed by atoms with Gasteiger partial charge < -0.3 is 24.7 Å². The first kappa shape index (κ1) is 22.4. The van der Waals surface area contributed by atoms with Gasteiger partial charge in [0.2, 0.25) is 0 Å². The van der Waals surface area contributed by atoms with Crippen molar-refractivity contribution in [1.29, 1.82) is 0 Å². The zero-order valence-corrected chi connectivity index (χ0v) is 17.2. The molecule has 0 aromatic heterocycles. The number of dihydropyridines is 1. The summed E-state index contributed by atoms with van der Waals surface area (Å²) in [5.74, 6) is -2.00. The Morgan fingerprint density at radius 1 is 1.28 bits per heavy atom. The second-order valence-corrected chi connectivity index (χ2v) is 6.44. The first-order valence-electron chi connectivity index (χ1n) is 8.90. The van der Waals surface area contributed by atoms with Crippen LogP contribution in [0, 0.1) is 0 Å². The Hall–Kier alpha value is -2.84. The lowest BCUT2D eigenvalue weighted by Crippen LogP contribution is -2.34. The van der Waals surface area contributed by atoms with Crippen LogP contribution in [0.3, 0.4) is 0 Å². The molecule has 1 aliphatic heterocycles. The van der Waals surface area contributed by atoms with Crippen molar-refractivity contribution in [2.75, 3.05) is 26.9 Å². The van der Waals surface area contributed by atoms with Gasteiger partial charge >= 0.3 is 11.9 Å². The number of halogens is 1. The number of methoxy groups -OCH3 is 1. The van der Waals surface area contributed by atoms with Gasteiger partial charge in [-0.25, -0.2) is 9.59 Å². The molecule has 1 heterocycles. The summed E-state index contributed by atoms with van der Waals surface area (Å²) in [6.07, 6.45) is 1.17. The van der Waals surface area contributed by atoms with Gasteiger partial charge in [0.05, 0.1) is 55.9 Å². The molecule has 0 bridgehead atoms. The van der Waals surface area contributed by atoms with Gasteiger partial charge in [0, 0.05) is 10.7 Å². The highest BCUT2D eigenvalue weighted by molar-refractivity contribution is 6.31. The van der Waals surface area contributed by atoms with E-state index >= 15 is 0 Å². The van der Waals surface area contributed by atoms with E-state index in [1.165, 1.54) is 13.3 Å². The van der Waals surface area contributed by atoms with Gasteiger partial charge in [-0.05, 0) is 25.5 Å². The summed E-state index contributed by atoms with van der Waals surface area (Å²) in [5.41, 5.74) is 1.94. The molecule has 0 aliphatic carbocycles. The maximum atomic E-state index is 12.9. The number of hydrogen-bond donors (Lipinski definition) is 2. The summed E-state index contributed by atoms with van der Waals surface area (Å²) in [4.78, 5) is 25.5. The molecule has 9 heteroatoms. The maximum Gasteiger partial charge on any atom is 0.336 e. The first-order valence-corrected chi connectivity index (χ1v) is 9.28. The number of nitrogens with one attached hydrogen (secondary N) is 1.